The Kier molecular flexibility index (Phi) is 6.49. The number of hydrogen-bond acceptors (Lipinski definition) is 4. The summed E-state index contributed by atoms with van der Waals surface area (Å²) in [5, 5.41) is 10.1. The van der Waals surface area contributed by atoms with Crippen molar-refractivity contribution in [3.8, 4) is 0 Å². The smallest absolute Gasteiger partial charge is 0.191 e. The normalized spacial score (nSPS) is 22.5. The van der Waals surface area contributed by atoms with Crippen molar-refractivity contribution in [2.45, 2.75) is 51.6 Å². The Labute approximate surface area is 138 Å². The van der Waals surface area contributed by atoms with Crippen LogP contribution in [0.5, 0.6) is 0 Å². The lowest BCUT2D eigenvalue weighted by Crippen LogP contribution is -2.45. The first-order chi connectivity index (χ1) is 10.6. The third-order valence-electron chi connectivity index (χ3n) is 4.28. The largest absolute Gasteiger partial charge is 0.354 e. The summed E-state index contributed by atoms with van der Waals surface area (Å²) in [6.45, 7) is 3.01. The van der Waals surface area contributed by atoms with Crippen LogP contribution in [-0.4, -0.2) is 38.1 Å². The molecule has 5 nitrogen and oxygen atoms in total. The SMILES string of the molecule is CCC1CCCC(NC(=NC)NCc2csc(N(C)C)n2)C1. The molecule has 124 valence electrons. The van der Waals surface area contributed by atoms with Crippen LogP contribution in [0.1, 0.15) is 44.7 Å². The molecule has 1 saturated carbocycles. The van der Waals surface area contributed by atoms with E-state index in [0.717, 1.165) is 22.7 Å². The van der Waals surface area contributed by atoms with Gasteiger partial charge in [0.2, 0.25) is 0 Å². The van der Waals surface area contributed by atoms with Crippen LogP contribution in [0.2, 0.25) is 0 Å². The molecule has 1 aliphatic carbocycles. The summed E-state index contributed by atoms with van der Waals surface area (Å²) in [5.41, 5.74) is 1.06. The zero-order valence-electron chi connectivity index (χ0n) is 14.2. The monoisotopic (exact) mass is 323 g/mol. The topological polar surface area (TPSA) is 52.6 Å². The average molecular weight is 324 g/mol. The summed E-state index contributed by atoms with van der Waals surface area (Å²) < 4.78 is 0. The number of rotatable bonds is 5. The van der Waals surface area contributed by atoms with Gasteiger partial charge in [-0.15, -0.1) is 11.3 Å². The van der Waals surface area contributed by atoms with Gasteiger partial charge in [0.1, 0.15) is 0 Å². The van der Waals surface area contributed by atoms with Crippen molar-refractivity contribution in [2.75, 3.05) is 26.0 Å². The molecule has 2 N–H and O–H groups in total. The zero-order chi connectivity index (χ0) is 15.9. The van der Waals surface area contributed by atoms with Gasteiger partial charge in [-0.3, -0.25) is 4.99 Å². The quantitative estimate of drug-likeness (QED) is 0.646. The molecule has 1 heterocycles. The molecule has 1 aromatic rings. The van der Waals surface area contributed by atoms with Crippen molar-refractivity contribution >= 4 is 22.4 Å². The van der Waals surface area contributed by atoms with Gasteiger partial charge in [0.15, 0.2) is 11.1 Å². The number of aromatic nitrogens is 1. The highest BCUT2D eigenvalue weighted by atomic mass is 32.1. The molecule has 0 aromatic carbocycles. The summed E-state index contributed by atoms with van der Waals surface area (Å²) in [7, 11) is 5.87. The molecule has 0 bridgehead atoms. The summed E-state index contributed by atoms with van der Waals surface area (Å²) in [5.74, 6) is 1.76. The highest BCUT2D eigenvalue weighted by Gasteiger charge is 2.21. The van der Waals surface area contributed by atoms with E-state index >= 15 is 0 Å². The fourth-order valence-corrected chi connectivity index (χ4v) is 3.70. The number of nitrogens with zero attached hydrogens (tertiary/aromatic N) is 3. The van der Waals surface area contributed by atoms with Crippen LogP contribution in [0.4, 0.5) is 5.13 Å². The maximum absolute atomic E-state index is 4.59. The Morgan fingerprint density at radius 3 is 2.91 bits per heavy atom. The molecule has 1 aliphatic rings. The van der Waals surface area contributed by atoms with E-state index < -0.39 is 0 Å². The average Bonchev–Trinajstić information content (AvgIpc) is 3.01. The van der Waals surface area contributed by atoms with E-state index in [2.05, 4.69) is 32.9 Å². The van der Waals surface area contributed by atoms with E-state index in [1.54, 1.807) is 11.3 Å². The van der Waals surface area contributed by atoms with Crippen LogP contribution in [0.25, 0.3) is 0 Å². The minimum atomic E-state index is 0.553. The number of guanidine groups is 1. The van der Waals surface area contributed by atoms with Crippen LogP contribution in [0.15, 0.2) is 10.4 Å². The van der Waals surface area contributed by atoms with Gasteiger partial charge in [-0.05, 0) is 18.8 Å². The Bertz CT molecular complexity index is 483. The predicted octanol–water partition coefficient (Wildman–Crippen LogP) is 2.84. The molecule has 0 amide bonds. The molecular weight excluding hydrogens is 294 g/mol. The second-order valence-electron chi connectivity index (χ2n) is 6.22. The van der Waals surface area contributed by atoms with Crippen molar-refractivity contribution in [2.24, 2.45) is 10.9 Å². The summed E-state index contributed by atoms with van der Waals surface area (Å²) in [4.78, 5) is 11.0. The molecule has 2 rings (SSSR count). The minimum Gasteiger partial charge on any atom is -0.354 e. The lowest BCUT2D eigenvalue weighted by molar-refractivity contribution is 0.298. The van der Waals surface area contributed by atoms with E-state index in [-0.39, 0.29) is 0 Å². The van der Waals surface area contributed by atoms with Crippen molar-refractivity contribution in [3.05, 3.63) is 11.1 Å². The van der Waals surface area contributed by atoms with Gasteiger partial charge in [-0.1, -0.05) is 26.2 Å². The van der Waals surface area contributed by atoms with E-state index in [1.807, 2.05) is 26.0 Å². The first-order valence-corrected chi connectivity index (χ1v) is 9.09. The zero-order valence-corrected chi connectivity index (χ0v) is 15.0. The molecule has 1 fully saturated rings. The molecule has 0 spiro atoms. The highest BCUT2D eigenvalue weighted by molar-refractivity contribution is 7.13. The maximum atomic E-state index is 4.59. The number of hydrogen-bond donors (Lipinski definition) is 2. The maximum Gasteiger partial charge on any atom is 0.191 e. The minimum absolute atomic E-state index is 0.553. The molecule has 1 aromatic heterocycles. The number of thiazole rings is 1. The molecular formula is C16H29N5S. The Hall–Kier alpha value is -1.30. The van der Waals surface area contributed by atoms with E-state index in [4.69, 9.17) is 0 Å². The van der Waals surface area contributed by atoms with Gasteiger partial charge in [-0.25, -0.2) is 4.98 Å². The predicted molar refractivity (Wildman–Crippen MR) is 95.8 cm³/mol. The summed E-state index contributed by atoms with van der Waals surface area (Å²) >= 11 is 1.67. The van der Waals surface area contributed by atoms with Crippen molar-refractivity contribution in [3.63, 3.8) is 0 Å². The third-order valence-corrected chi connectivity index (χ3v) is 5.34. The van der Waals surface area contributed by atoms with Crippen LogP contribution in [0.3, 0.4) is 0 Å². The van der Waals surface area contributed by atoms with Gasteiger partial charge in [0, 0.05) is 32.6 Å². The van der Waals surface area contributed by atoms with Crippen molar-refractivity contribution in [1.82, 2.24) is 15.6 Å². The van der Waals surface area contributed by atoms with Gasteiger partial charge in [0.25, 0.3) is 0 Å². The second-order valence-corrected chi connectivity index (χ2v) is 7.06. The molecule has 0 radical (unpaired) electrons. The molecule has 0 aliphatic heterocycles. The Morgan fingerprint density at radius 2 is 2.27 bits per heavy atom. The fourth-order valence-electron chi connectivity index (χ4n) is 2.94. The third kappa shape index (κ3) is 4.87. The first-order valence-electron chi connectivity index (χ1n) is 8.21. The van der Waals surface area contributed by atoms with E-state index in [0.29, 0.717) is 12.6 Å². The van der Waals surface area contributed by atoms with Crippen molar-refractivity contribution < 1.29 is 0 Å². The van der Waals surface area contributed by atoms with E-state index in [1.165, 1.54) is 32.1 Å². The highest BCUT2D eigenvalue weighted by Crippen LogP contribution is 2.26. The van der Waals surface area contributed by atoms with Crippen LogP contribution >= 0.6 is 11.3 Å². The molecule has 2 unspecified atom stereocenters. The number of anilines is 1. The fraction of sp³-hybridized carbons (Fsp3) is 0.750. The first kappa shape index (κ1) is 17.1. The Morgan fingerprint density at radius 1 is 1.45 bits per heavy atom. The number of nitrogens with one attached hydrogen (secondary N) is 2. The van der Waals surface area contributed by atoms with Gasteiger partial charge in [0.05, 0.1) is 12.2 Å². The van der Waals surface area contributed by atoms with Crippen molar-refractivity contribution in [1.29, 1.82) is 0 Å². The summed E-state index contributed by atoms with van der Waals surface area (Å²) in [6.07, 6.45) is 6.51. The lowest BCUT2D eigenvalue weighted by atomic mass is 9.84. The number of aliphatic imine (C=N–C) groups is 1. The van der Waals surface area contributed by atoms with E-state index in [9.17, 15) is 0 Å². The van der Waals surface area contributed by atoms with Crippen LogP contribution in [0, 0.1) is 5.92 Å². The Balaban J connectivity index is 1.81. The molecule has 6 heteroatoms. The standard InChI is InChI=1S/C16H29N5S/c1-5-12-7-6-8-13(9-12)19-15(17-2)18-10-14-11-22-16(20-14)21(3)4/h11-13H,5-10H2,1-4H3,(H2,17,18,19). The lowest BCUT2D eigenvalue weighted by Gasteiger charge is -2.30. The van der Waals surface area contributed by atoms with Crippen LogP contribution < -0.4 is 15.5 Å². The second kappa shape index (κ2) is 8.36. The van der Waals surface area contributed by atoms with Gasteiger partial charge < -0.3 is 15.5 Å². The van der Waals surface area contributed by atoms with Gasteiger partial charge in [-0.2, -0.15) is 0 Å². The molecule has 22 heavy (non-hydrogen) atoms. The molecule has 2 atom stereocenters. The van der Waals surface area contributed by atoms with Crippen LogP contribution in [-0.2, 0) is 6.54 Å². The summed E-state index contributed by atoms with van der Waals surface area (Å²) in [6, 6.07) is 0.553. The molecule has 0 saturated heterocycles. The van der Waals surface area contributed by atoms with Gasteiger partial charge >= 0.3 is 0 Å².